The highest BCUT2D eigenvalue weighted by Crippen LogP contribution is 2.55. The Kier molecular flexibility index (Phi) is 3.93. The van der Waals surface area contributed by atoms with Crippen LogP contribution in [0.25, 0.3) is 22.2 Å². The largest absolute Gasteiger partial charge is 0.430 e. The lowest BCUT2D eigenvalue weighted by atomic mass is 9.83. The van der Waals surface area contributed by atoms with Crippen LogP contribution in [0, 0.1) is 0 Å². The molecule has 2 aromatic carbocycles. The third-order valence-electron chi connectivity index (χ3n) is 6.10. The van der Waals surface area contributed by atoms with Crippen molar-refractivity contribution >= 4 is 28.1 Å². The van der Waals surface area contributed by atoms with Gasteiger partial charge in [0, 0.05) is 16.5 Å². The van der Waals surface area contributed by atoms with E-state index < -0.39 is 28.8 Å². The van der Waals surface area contributed by atoms with E-state index in [1.54, 1.807) is 56.3 Å². The van der Waals surface area contributed by atoms with Crippen molar-refractivity contribution in [2.45, 2.75) is 37.6 Å². The number of hydrogen-bond donors (Lipinski definition) is 1. The number of hydrogen-bond acceptors (Lipinski definition) is 3. The summed E-state index contributed by atoms with van der Waals surface area (Å²) in [6.07, 6.45) is -4.85. The summed E-state index contributed by atoms with van der Waals surface area (Å²) in [6.45, 7) is 3.41. The first-order valence-corrected chi connectivity index (χ1v) is 9.89. The Morgan fingerprint density at radius 2 is 1.68 bits per heavy atom. The quantitative estimate of drug-likeness (QED) is 0.623. The van der Waals surface area contributed by atoms with Crippen molar-refractivity contribution in [1.82, 2.24) is 9.88 Å². The van der Waals surface area contributed by atoms with Crippen molar-refractivity contribution < 1.29 is 23.1 Å². The van der Waals surface area contributed by atoms with Crippen LogP contribution in [0.3, 0.4) is 0 Å². The molecule has 31 heavy (non-hydrogen) atoms. The van der Waals surface area contributed by atoms with Crippen LogP contribution in [-0.2, 0) is 11.2 Å². The SMILES string of the molecule is CC1(C)Cc2ccccc2C2=C(c3ccc4ccccc4n3)C(O)(C(F)(F)F)C(=O)N21. The van der Waals surface area contributed by atoms with Crippen molar-refractivity contribution in [1.29, 1.82) is 0 Å². The number of aliphatic hydroxyl groups is 1. The van der Waals surface area contributed by atoms with Crippen LogP contribution in [0.2, 0.25) is 0 Å². The number of rotatable bonds is 1. The van der Waals surface area contributed by atoms with Crippen molar-refractivity contribution in [3.05, 3.63) is 77.5 Å². The molecule has 2 aliphatic heterocycles. The maximum absolute atomic E-state index is 14.4. The molecular formula is C24H19F3N2O2. The summed E-state index contributed by atoms with van der Waals surface area (Å²) in [7, 11) is 0. The van der Waals surface area contributed by atoms with Crippen molar-refractivity contribution in [3.8, 4) is 0 Å². The lowest BCUT2D eigenvalue weighted by molar-refractivity contribution is -0.232. The van der Waals surface area contributed by atoms with Gasteiger partial charge in [-0.25, -0.2) is 4.98 Å². The van der Waals surface area contributed by atoms with Gasteiger partial charge in [0.1, 0.15) is 0 Å². The maximum atomic E-state index is 14.4. The molecule has 0 radical (unpaired) electrons. The average Bonchev–Trinajstić information content (AvgIpc) is 2.97. The van der Waals surface area contributed by atoms with E-state index in [-0.39, 0.29) is 11.4 Å². The van der Waals surface area contributed by atoms with Crippen LogP contribution in [0.1, 0.15) is 30.7 Å². The summed E-state index contributed by atoms with van der Waals surface area (Å²) < 4.78 is 43.1. The van der Waals surface area contributed by atoms with Gasteiger partial charge in [0.05, 0.1) is 22.5 Å². The minimum Gasteiger partial charge on any atom is -0.368 e. The monoisotopic (exact) mass is 424 g/mol. The topological polar surface area (TPSA) is 53.4 Å². The first kappa shape index (κ1) is 19.8. The zero-order chi connectivity index (χ0) is 22.2. The zero-order valence-electron chi connectivity index (χ0n) is 16.9. The number of pyridine rings is 1. The number of amides is 1. The normalized spacial score (nSPS) is 22.6. The molecule has 2 aliphatic rings. The van der Waals surface area contributed by atoms with Crippen LogP contribution in [0.4, 0.5) is 13.2 Å². The van der Waals surface area contributed by atoms with Crippen LogP contribution in [0.15, 0.2) is 60.7 Å². The summed E-state index contributed by atoms with van der Waals surface area (Å²) in [5.41, 5.74) is -3.37. The molecule has 1 atom stereocenters. The summed E-state index contributed by atoms with van der Waals surface area (Å²) in [5, 5.41) is 11.8. The molecule has 0 fully saturated rings. The van der Waals surface area contributed by atoms with E-state index in [9.17, 15) is 23.1 Å². The zero-order valence-corrected chi connectivity index (χ0v) is 16.9. The molecule has 3 aromatic rings. The average molecular weight is 424 g/mol. The third-order valence-corrected chi connectivity index (χ3v) is 6.10. The summed E-state index contributed by atoms with van der Waals surface area (Å²) in [5.74, 6) is -1.39. The number of aromatic nitrogens is 1. The van der Waals surface area contributed by atoms with E-state index in [1.165, 1.54) is 6.07 Å². The van der Waals surface area contributed by atoms with Crippen molar-refractivity contribution in [2.75, 3.05) is 0 Å². The maximum Gasteiger partial charge on any atom is 0.430 e. The van der Waals surface area contributed by atoms with Gasteiger partial charge in [-0.3, -0.25) is 4.79 Å². The van der Waals surface area contributed by atoms with E-state index in [0.717, 1.165) is 15.8 Å². The highest BCUT2D eigenvalue weighted by atomic mass is 19.4. The highest BCUT2D eigenvalue weighted by Gasteiger charge is 2.70. The fourth-order valence-electron chi connectivity index (χ4n) is 4.71. The van der Waals surface area contributed by atoms with Gasteiger partial charge < -0.3 is 10.0 Å². The van der Waals surface area contributed by atoms with E-state index in [4.69, 9.17) is 0 Å². The Morgan fingerprint density at radius 3 is 2.42 bits per heavy atom. The Balaban J connectivity index is 1.91. The number of alkyl halides is 3. The number of para-hydroxylation sites is 1. The Hall–Kier alpha value is -3.19. The fourth-order valence-corrected chi connectivity index (χ4v) is 4.71. The predicted molar refractivity (Wildman–Crippen MR) is 111 cm³/mol. The van der Waals surface area contributed by atoms with E-state index in [0.29, 0.717) is 17.5 Å². The molecule has 0 saturated carbocycles. The Labute approximate surface area is 176 Å². The molecule has 3 heterocycles. The van der Waals surface area contributed by atoms with Gasteiger partial charge in [0.2, 0.25) is 0 Å². The highest BCUT2D eigenvalue weighted by molar-refractivity contribution is 6.18. The van der Waals surface area contributed by atoms with Crippen LogP contribution in [-0.4, -0.2) is 38.2 Å². The minimum absolute atomic E-state index is 0.0689. The van der Waals surface area contributed by atoms with Crippen molar-refractivity contribution in [3.63, 3.8) is 0 Å². The number of fused-ring (bicyclic) bond motifs is 4. The van der Waals surface area contributed by atoms with Crippen molar-refractivity contribution in [2.24, 2.45) is 0 Å². The second-order valence-corrected chi connectivity index (χ2v) is 8.61. The molecular weight excluding hydrogens is 405 g/mol. The van der Waals surface area contributed by atoms with Gasteiger partial charge in [-0.1, -0.05) is 48.5 Å². The minimum atomic E-state index is -5.22. The lowest BCUT2D eigenvalue weighted by Crippen LogP contribution is -2.58. The first-order valence-electron chi connectivity index (χ1n) is 9.89. The van der Waals surface area contributed by atoms with Gasteiger partial charge in [-0.2, -0.15) is 13.2 Å². The molecule has 0 saturated heterocycles. The van der Waals surface area contributed by atoms with Gasteiger partial charge in [0.25, 0.3) is 11.5 Å². The molecule has 4 nitrogen and oxygen atoms in total. The molecule has 5 rings (SSSR count). The number of carbonyl (C=O) groups excluding carboxylic acids is 1. The second-order valence-electron chi connectivity index (χ2n) is 8.61. The van der Waals surface area contributed by atoms with Crippen LogP contribution >= 0.6 is 0 Å². The smallest absolute Gasteiger partial charge is 0.368 e. The molecule has 7 heteroatoms. The van der Waals surface area contributed by atoms with Gasteiger partial charge >= 0.3 is 6.18 Å². The summed E-state index contributed by atoms with van der Waals surface area (Å²) in [6, 6.07) is 17.1. The number of carbonyl (C=O) groups is 1. The number of benzene rings is 2. The van der Waals surface area contributed by atoms with Gasteiger partial charge in [-0.05, 0) is 38.0 Å². The molecule has 158 valence electrons. The standard InChI is InChI=1S/C24H19F3N2O2/c1-22(2)13-15-8-3-5-9-16(15)20-19(23(31,24(25,26)27)21(30)29(20)22)18-12-11-14-7-4-6-10-17(14)28-18/h3-12,31H,13H2,1-2H3. The Morgan fingerprint density at radius 1 is 1.00 bits per heavy atom. The summed E-state index contributed by atoms with van der Waals surface area (Å²) in [4.78, 5) is 18.8. The summed E-state index contributed by atoms with van der Waals surface area (Å²) >= 11 is 0. The predicted octanol–water partition coefficient (Wildman–Crippen LogP) is 4.57. The van der Waals surface area contributed by atoms with E-state index in [1.807, 2.05) is 12.1 Å². The molecule has 1 unspecified atom stereocenters. The molecule has 0 spiro atoms. The Bertz CT molecular complexity index is 1280. The number of halogens is 3. The molecule has 1 amide bonds. The molecule has 0 aliphatic carbocycles. The number of nitrogens with zero attached hydrogens (tertiary/aromatic N) is 2. The van der Waals surface area contributed by atoms with E-state index in [2.05, 4.69) is 4.98 Å². The van der Waals surface area contributed by atoms with Crippen LogP contribution < -0.4 is 0 Å². The first-order chi connectivity index (χ1) is 14.6. The molecule has 0 bridgehead atoms. The van der Waals surface area contributed by atoms with Gasteiger partial charge in [-0.15, -0.1) is 0 Å². The third kappa shape index (κ3) is 2.59. The van der Waals surface area contributed by atoms with Crippen LogP contribution in [0.5, 0.6) is 0 Å². The molecule has 1 aromatic heterocycles. The molecule has 1 N–H and O–H groups in total. The van der Waals surface area contributed by atoms with Gasteiger partial charge in [0.15, 0.2) is 0 Å². The lowest BCUT2D eigenvalue weighted by Gasteiger charge is -2.43. The van der Waals surface area contributed by atoms with E-state index >= 15 is 0 Å². The fraction of sp³-hybridized carbons (Fsp3) is 0.250. The second kappa shape index (κ2) is 6.17.